The molecule has 0 unspecified atom stereocenters. The molecule has 0 fully saturated rings. The average molecular weight is 268 g/mol. The highest BCUT2D eigenvalue weighted by Gasteiger charge is 2.15. The smallest absolute Gasteiger partial charge is 0.199 e. The van der Waals surface area contributed by atoms with E-state index in [0.29, 0.717) is 0 Å². The molecule has 0 saturated heterocycles. The second-order valence-electron chi connectivity index (χ2n) is 2.30. The van der Waals surface area contributed by atoms with Crippen LogP contribution in [0, 0.1) is 0 Å². The van der Waals surface area contributed by atoms with Crippen molar-refractivity contribution >= 4 is 51.3 Å². The summed E-state index contributed by atoms with van der Waals surface area (Å²) < 4.78 is 26.1. The molecular weight excluding hydrogens is 262 g/mol. The molecule has 0 aliphatic heterocycles. The fourth-order valence-corrected chi connectivity index (χ4v) is 2.76. The Kier molecular flexibility index (Phi) is 3.88. The predicted octanol–water partition coefficient (Wildman–Crippen LogP) is 2.24. The van der Waals surface area contributed by atoms with E-state index in [1.54, 1.807) is 12.1 Å². The molecule has 0 atom stereocenters. The van der Waals surface area contributed by atoms with Crippen LogP contribution in [0.1, 0.15) is 0 Å². The van der Waals surface area contributed by atoms with Crippen LogP contribution in [0.2, 0.25) is 5.02 Å². The SMILES string of the molecule is O=S(=O)(N=C(S)S)c1ccccc1Cl. The van der Waals surface area contributed by atoms with Crippen LogP contribution < -0.4 is 0 Å². The van der Waals surface area contributed by atoms with E-state index in [9.17, 15) is 8.42 Å². The summed E-state index contributed by atoms with van der Waals surface area (Å²) in [4.78, 5) is -0.0535. The quantitative estimate of drug-likeness (QED) is 0.490. The van der Waals surface area contributed by atoms with Gasteiger partial charge in [-0.15, -0.1) is 29.7 Å². The van der Waals surface area contributed by atoms with Crippen molar-refractivity contribution in [2.24, 2.45) is 4.40 Å². The van der Waals surface area contributed by atoms with Crippen molar-refractivity contribution in [3.8, 4) is 0 Å². The highest BCUT2D eigenvalue weighted by Crippen LogP contribution is 2.22. The van der Waals surface area contributed by atoms with E-state index in [-0.39, 0.29) is 14.3 Å². The number of hydrogen-bond acceptors (Lipinski definition) is 2. The first-order chi connectivity index (χ1) is 6.43. The van der Waals surface area contributed by atoms with Gasteiger partial charge >= 0.3 is 0 Å². The molecule has 76 valence electrons. The van der Waals surface area contributed by atoms with Gasteiger partial charge in [0.2, 0.25) is 0 Å². The lowest BCUT2D eigenvalue weighted by molar-refractivity contribution is 0.598. The summed E-state index contributed by atoms with van der Waals surface area (Å²) in [5, 5.41) is 0.124. The van der Waals surface area contributed by atoms with E-state index in [4.69, 9.17) is 11.6 Å². The van der Waals surface area contributed by atoms with Crippen LogP contribution in [0.5, 0.6) is 0 Å². The van der Waals surface area contributed by atoms with Crippen molar-refractivity contribution < 1.29 is 8.42 Å². The largest absolute Gasteiger partial charge is 0.285 e. The van der Waals surface area contributed by atoms with Crippen LogP contribution in [-0.4, -0.2) is 12.8 Å². The second-order valence-corrected chi connectivity index (χ2v) is 5.48. The molecule has 1 rings (SSSR count). The van der Waals surface area contributed by atoms with Crippen LogP contribution in [0.3, 0.4) is 0 Å². The standard InChI is InChI=1S/C7H6ClNO2S3/c8-5-3-1-2-4-6(5)14(10,11)9-7(12)13/h1-4H,(H2,9,12,13). The lowest BCUT2D eigenvalue weighted by Gasteiger charge is -2.00. The summed E-state index contributed by atoms with van der Waals surface area (Å²) in [7, 11) is -3.79. The van der Waals surface area contributed by atoms with Crippen molar-refractivity contribution in [1.29, 1.82) is 0 Å². The third-order valence-corrected chi connectivity index (χ3v) is 3.56. The summed E-state index contributed by atoms with van der Waals surface area (Å²) in [6.45, 7) is 0. The van der Waals surface area contributed by atoms with Gasteiger partial charge in [-0.3, -0.25) is 0 Å². The lowest BCUT2D eigenvalue weighted by Crippen LogP contribution is -1.98. The summed E-state index contributed by atoms with van der Waals surface area (Å²) in [6, 6.07) is 6.03. The van der Waals surface area contributed by atoms with Gasteiger partial charge in [0.25, 0.3) is 10.0 Å². The van der Waals surface area contributed by atoms with E-state index in [1.807, 2.05) is 0 Å². The van der Waals surface area contributed by atoms with Crippen molar-refractivity contribution in [3.63, 3.8) is 0 Å². The second kappa shape index (κ2) is 4.57. The normalized spacial score (nSPS) is 11.1. The van der Waals surface area contributed by atoms with Crippen LogP contribution in [0.15, 0.2) is 33.6 Å². The van der Waals surface area contributed by atoms with Crippen molar-refractivity contribution in [2.75, 3.05) is 0 Å². The first-order valence-electron chi connectivity index (χ1n) is 3.41. The molecular formula is C7H6ClNO2S3. The Labute approximate surface area is 98.1 Å². The fourth-order valence-electron chi connectivity index (χ4n) is 0.811. The molecule has 1 aromatic carbocycles. The maximum absolute atomic E-state index is 11.5. The van der Waals surface area contributed by atoms with Crippen molar-refractivity contribution in [1.82, 2.24) is 0 Å². The van der Waals surface area contributed by atoms with E-state index in [1.165, 1.54) is 12.1 Å². The van der Waals surface area contributed by atoms with Gasteiger partial charge in [-0.1, -0.05) is 23.7 Å². The highest BCUT2D eigenvalue weighted by atomic mass is 35.5. The van der Waals surface area contributed by atoms with Gasteiger partial charge in [0, 0.05) is 0 Å². The zero-order chi connectivity index (χ0) is 10.8. The number of nitrogens with zero attached hydrogens (tertiary/aromatic N) is 1. The Bertz CT molecular complexity index is 466. The third-order valence-electron chi connectivity index (χ3n) is 1.32. The molecule has 14 heavy (non-hydrogen) atoms. The van der Waals surface area contributed by atoms with E-state index < -0.39 is 10.0 Å². The van der Waals surface area contributed by atoms with Gasteiger partial charge < -0.3 is 0 Å². The molecule has 7 heteroatoms. The van der Waals surface area contributed by atoms with Gasteiger partial charge in [0.1, 0.15) is 9.27 Å². The topological polar surface area (TPSA) is 46.5 Å². The number of sulfonamides is 1. The molecule has 1 aromatic rings. The summed E-state index contributed by atoms with van der Waals surface area (Å²) in [6.07, 6.45) is 0. The molecule has 0 aromatic heterocycles. The van der Waals surface area contributed by atoms with Crippen molar-refractivity contribution in [2.45, 2.75) is 4.90 Å². The number of halogens is 1. The minimum Gasteiger partial charge on any atom is -0.199 e. The van der Waals surface area contributed by atoms with E-state index in [0.717, 1.165) is 0 Å². The first kappa shape index (κ1) is 11.9. The van der Waals surface area contributed by atoms with Crippen LogP contribution in [0.4, 0.5) is 0 Å². The molecule has 0 spiro atoms. The van der Waals surface area contributed by atoms with Gasteiger partial charge in [-0.25, -0.2) is 0 Å². The molecule has 0 saturated carbocycles. The monoisotopic (exact) mass is 267 g/mol. The number of rotatable bonds is 2. The zero-order valence-corrected chi connectivity index (χ0v) is 10.1. The minimum absolute atomic E-state index is 0.0535. The number of hydrogen-bond donors (Lipinski definition) is 2. The highest BCUT2D eigenvalue weighted by molar-refractivity contribution is 8.24. The Morgan fingerprint density at radius 3 is 2.36 bits per heavy atom. The van der Waals surface area contributed by atoms with Gasteiger partial charge in [0.05, 0.1) is 5.02 Å². The average Bonchev–Trinajstić information content (AvgIpc) is 2.02. The number of benzene rings is 1. The first-order valence-corrected chi connectivity index (χ1v) is 6.12. The zero-order valence-electron chi connectivity index (χ0n) is 6.75. The Balaban J connectivity index is 3.32. The maximum atomic E-state index is 11.5. The molecule has 0 bridgehead atoms. The van der Waals surface area contributed by atoms with Crippen LogP contribution >= 0.6 is 36.9 Å². The van der Waals surface area contributed by atoms with E-state index >= 15 is 0 Å². The molecule has 0 aliphatic carbocycles. The molecule has 0 radical (unpaired) electrons. The van der Waals surface area contributed by atoms with E-state index in [2.05, 4.69) is 29.7 Å². The van der Waals surface area contributed by atoms with Crippen LogP contribution in [-0.2, 0) is 10.0 Å². The van der Waals surface area contributed by atoms with Gasteiger partial charge in [0.15, 0.2) is 0 Å². The van der Waals surface area contributed by atoms with Crippen LogP contribution in [0.25, 0.3) is 0 Å². The molecule has 0 aliphatic rings. The van der Waals surface area contributed by atoms with Crippen molar-refractivity contribution in [3.05, 3.63) is 29.3 Å². The maximum Gasteiger partial charge on any atom is 0.285 e. The summed E-state index contributed by atoms with van der Waals surface area (Å²) in [5.74, 6) is 0. The fraction of sp³-hybridized carbons (Fsp3) is 0. The summed E-state index contributed by atoms with van der Waals surface area (Å²) >= 11 is 13.0. The minimum atomic E-state index is -3.79. The summed E-state index contributed by atoms with van der Waals surface area (Å²) in [5.41, 5.74) is 0. The van der Waals surface area contributed by atoms with Gasteiger partial charge in [-0.2, -0.15) is 8.42 Å². The molecule has 0 amide bonds. The Morgan fingerprint density at radius 1 is 1.29 bits per heavy atom. The third kappa shape index (κ3) is 2.91. The van der Waals surface area contributed by atoms with Gasteiger partial charge in [-0.05, 0) is 12.1 Å². The number of thiol groups is 2. The molecule has 3 nitrogen and oxygen atoms in total. The molecule has 0 N–H and O–H groups in total. The Morgan fingerprint density at radius 2 is 1.86 bits per heavy atom. The lowest BCUT2D eigenvalue weighted by atomic mass is 10.4. The predicted molar refractivity (Wildman–Crippen MR) is 64.0 cm³/mol. The Hall–Kier alpha value is -0.170. The molecule has 0 heterocycles.